The molecule has 0 radical (unpaired) electrons. The molecule has 7 heteroatoms. The summed E-state index contributed by atoms with van der Waals surface area (Å²) in [5.41, 5.74) is -0.433. The Morgan fingerprint density at radius 1 is 1.21 bits per heavy atom. The van der Waals surface area contributed by atoms with Crippen molar-refractivity contribution in [1.82, 2.24) is 0 Å². The molecule has 0 saturated carbocycles. The van der Waals surface area contributed by atoms with Crippen molar-refractivity contribution < 1.29 is 123 Å². The summed E-state index contributed by atoms with van der Waals surface area (Å²) >= 11 is 0. The molecular weight excluding hydrogens is 237 g/mol. The molecule has 4 nitrogen and oxygen atoms in total. The van der Waals surface area contributed by atoms with Crippen LogP contribution >= 0.6 is 0 Å². The summed E-state index contributed by atoms with van der Waals surface area (Å²) in [7, 11) is -2.24. The van der Waals surface area contributed by atoms with Gasteiger partial charge in [-0.25, -0.2) is 4.79 Å². The molecule has 0 saturated heterocycles. The Morgan fingerprint density at radius 2 is 1.71 bits per heavy atom. The zero-order valence-electron chi connectivity index (χ0n) is 8.06. The maximum Gasteiger partial charge on any atom is 1.00 e. The Kier molecular flexibility index (Phi) is 11.8. The Morgan fingerprint density at radius 3 is 2.07 bits per heavy atom. The maximum atomic E-state index is 10.4. The van der Waals surface area contributed by atoms with Crippen LogP contribution in [-0.4, -0.2) is 18.2 Å². The van der Waals surface area contributed by atoms with Crippen molar-refractivity contribution in [3.05, 3.63) is 29.8 Å². The standard InChI is InChI=1S/C7H5BO4.2K/c9-7(10)5-3-1-2-4-6(5)8(11)12;;/h1-4H,(H,9,10);;/q-2;2*+1. The van der Waals surface area contributed by atoms with Gasteiger partial charge < -0.3 is 15.2 Å². The molecule has 0 bridgehead atoms. The molecule has 0 fully saturated rings. The van der Waals surface area contributed by atoms with Gasteiger partial charge in [-0.05, 0) is 6.07 Å². The van der Waals surface area contributed by atoms with Gasteiger partial charge >= 0.3 is 109 Å². The van der Waals surface area contributed by atoms with Crippen molar-refractivity contribution in [2.75, 3.05) is 0 Å². The molecule has 1 rings (SSSR count). The molecule has 14 heavy (non-hydrogen) atoms. The van der Waals surface area contributed by atoms with Crippen molar-refractivity contribution in [2.45, 2.75) is 0 Å². The van der Waals surface area contributed by atoms with Crippen LogP contribution in [0.15, 0.2) is 24.3 Å². The van der Waals surface area contributed by atoms with Gasteiger partial charge in [-0.3, -0.25) is 0 Å². The third-order valence-electron chi connectivity index (χ3n) is 1.45. The summed E-state index contributed by atoms with van der Waals surface area (Å²) in [5, 5.41) is 29.4. The van der Waals surface area contributed by atoms with E-state index < -0.39 is 13.1 Å². The monoisotopic (exact) mass is 242 g/mol. The fourth-order valence-electron chi connectivity index (χ4n) is 0.897. The first-order valence-corrected chi connectivity index (χ1v) is 3.27. The van der Waals surface area contributed by atoms with Gasteiger partial charge in [0.05, 0.1) is 5.56 Å². The van der Waals surface area contributed by atoms with Crippen LogP contribution in [0.4, 0.5) is 0 Å². The van der Waals surface area contributed by atoms with Gasteiger partial charge in [0.25, 0.3) is 0 Å². The second-order valence-corrected chi connectivity index (χ2v) is 2.22. The van der Waals surface area contributed by atoms with Crippen molar-refractivity contribution in [1.29, 1.82) is 0 Å². The minimum atomic E-state index is -2.24. The number of benzene rings is 1. The van der Waals surface area contributed by atoms with Crippen LogP contribution in [0.2, 0.25) is 0 Å². The van der Waals surface area contributed by atoms with Crippen molar-refractivity contribution in [3.63, 3.8) is 0 Å². The van der Waals surface area contributed by atoms with E-state index >= 15 is 0 Å². The third kappa shape index (κ3) is 5.33. The normalized spacial score (nSPS) is 8.14. The first kappa shape index (κ1) is 18.3. The van der Waals surface area contributed by atoms with Gasteiger partial charge in [-0.15, -0.1) is 5.46 Å². The van der Waals surface area contributed by atoms with E-state index in [1.165, 1.54) is 24.3 Å². The molecule has 0 spiro atoms. The zero-order valence-corrected chi connectivity index (χ0v) is 14.3. The topological polar surface area (TPSA) is 83.4 Å². The van der Waals surface area contributed by atoms with Gasteiger partial charge in [0.2, 0.25) is 0 Å². The van der Waals surface area contributed by atoms with Crippen LogP contribution in [0.1, 0.15) is 10.4 Å². The van der Waals surface area contributed by atoms with Gasteiger partial charge in [-0.1, -0.05) is 25.3 Å². The minimum absolute atomic E-state index is 0. The van der Waals surface area contributed by atoms with Crippen LogP contribution in [0, 0.1) is 0 Å². The summed E-state index contributed by atoms with van der Waals surface area (Å²) in [6.45, 7) is 0. The van der Waals surface area contributed by atoms with E-state index in [-0.39, 0.29) is 114 Å². The first-order valence-electron chi connectivity index (χ1n) is 3.27. The summed E-state index contributed by atoms with van der Waals surface area (Å²) in [4.78, 5) is 10.4. The zero-order chi connectivity index (χ0) is 9.14. The first-order chi connectivity index (χ1) is 5.63. The molecule has 1 N–H and O–H groups in total. The summed E-state index contributed by atoms with van der Waals surface area (Å²) in [5.74, 6) is -1.25. The molecule has 0 heterocycles. The van der Waals surface area contributed by atoms with Gasteiger partial charge in [0.1, 0.15) is 0 Å². The van der Waals surface area contributed by atoms with E-state index in [1.807, 2.05) is 0 Å². The fraction of sp³-hybridized carbons (Fsp3) is 0. The van der Waals surface area contributed by atoms with E-state index in [2.05, 4.69) is 0 Å². The molecule has 0 aromatic heterocycles. The van der Waals surface area contributed by atoms with Crippen molar-refractivity contribution in [2.24, 2.45) is 0 Å². The average molecular weight is 242 g/mol. The number of carboxylic acid groups (broad SMARTS) is 1. The van der Waals surface area contributed by atoms with Crippen molar-refractivity contribution >= 4 is 18.6 Å². The molecule has 0 aliphatic carbocycles. The van der Waals surface area contributed by atoms with E-state index in [4.69, 9.17) is 5.11 Å². The van der Waals surface area contributed by atoms with Crippen LogP contribution in [0.5, 0.6) is 0 Å². The molecule has 0 atom stereocenters. The molecule has 62 valence electrons. The van der Waals surface area contributed by atoms with Gasteiger partial charge in [0, 0.05) is 0 Å². The van der Waals surface area contributed by atoms with Crippen LogP contribution in [0.25, 0.3) is 0 Å². The predicted molar refractivity (Wildman–Crippen MR) is 38.8 cm³/mol. The number of hydrogen-bond donors (Lipinski definition) is 1. The predicted octanol–water partition coefficient (Wildman–Crippen LogP) is -8.19. The molecule has 0 unspecified atom stereocenters. The van der Waals surface area contributed by atoms with Gasteiger partial charge in [0.15, 0.2) is 0 Å². The second kappa shape index (κ2) is 9.03. The van der Waals surface area contributed by atoms with Gasteiger partial charge in [-0.2, -0.15) is 0 Å². The number of hydrogen-bond acceptors (Lipinski definition) is 3. The molecule has 0 aliphatic rings. The smallest absolute Gasteiger partial charge is 0.889 e. The largest absolute Gasteiger partial charge is 1.00 e. The number of carbonyl (C=O) groups is 1. The third-order valence-corrected chi connectivity index (χ3v) is 1.45. The number of carboxylic acids is 1. The summed E-state index contributed by atoms with van der Waals surface area (Å²) in [6.07, 6.45) is 0. The van der Waals surface area contributed by atoms with E-state index in [0.29, 0.717) is 0 Å². The van der Waals surface area contributed by atoms with E-state index in [1.54, 1.807) is 0 Å². The maximum absolute atomic E-state index is 10.4. The Hall–Kier alpha value is 1.95. The van der Waals surface area contributed by atoms with Crippen molar-refractivity contribution in [3.8, 4) is 0 Å². The van der Waals surface area contributed by atoms with Crippen LogP contribution in [0.3, 0.4) is 0 Å². The summed E-state index contributed by atoms with van der Waals surface area (Å²) in [6, 6.07) is 5.40. The van der Waals surface area contributed by atoms with E-state index in [9.17, 15) is 14.8 Å². The Labute approximate surface area is 167 Å². The number of rotatable bonds is 2. The average Bonchev–Trinajstić information content (AvgIpc) is 2.04. The summed E-state index contributed by atoms with van der Waals surface area (Å²) < 4.78 is 0. The minimum Gasteiger partial charge on any atom is -0.889 e. The van der Waals surface area contributed by atoms with E-state index in [0.717, 1.165) is 0 Å². The fourth-order valence-corrected chi connectivity index (χ4v) is 0.897. The quantitative estimate of drug-likeness (QED) is 0.522. The Balaban J connectivity index is 0. The Bertz CT molecular complexity index is 305. The molecule has 0 aliphatic heterocycles. The number of aromatic carboxylic acids is 1. The molecule has 0 amide bonds. The SMILES string of the molecule is O=C(O)c1ccccc1B([O-])[O-].[K+].[K+]. The van der Waals surface area contributed by atoms with Crippen LogP contribution in [-0.2, 0) is 0 Å². The molecule has 1 aromatic rings. The molecular formula is C7H5BK2O4. The van der Waals surface area contributed by atoms with Crippen LogP contribution < -0.4 is 118 Å². The second-order valence-electron chi connectivity index (χ2n) is 2.22. The molecule has 1 aromatic carbocycles.